The smallest absolute Gasteiger partial charge is 0.213 e. The van der Waals surface area contributed by atoms with Crippen molar-refractivity contribution in [2.75, 3.05) is 39.2 Å². The van der Waals surface area contributed by atoms with E-state index >= 15 is 0 Å². The van der Waals surface area contributed by atoms with Crippen LogP contribution in [0.15, 0.2) is 0 Å². The van der Waals surface area contributed by atoms with Gasteiger partial charge in [-0.25, -0.2) is 8.42 Å². The minimum Gasteiger partial charge on any atom is -0.395 e. The minimum atomic E-state index is -3.20. The molecule has 13 heavy (non-hydrogen) atoms. The summed E-state index contributed by atoms with van der Waals surface area (Å²) in [6.07, 6.45) is 0. The molecule has 0 aromatic rings. The molecule has 0 bridgehead atoms. The molecule has 0 unspecified atom stereocenters. The second kappa shape index (κ2) is 6.31. The van der Waals surface area contributed by atoms with Crippen molar-refractivity contribution in [3.8, 4) is 0 Å². The molecule has 0 aromatic carbocycles. The molecule has 0 saturated heterocycles. The Labute approximate surface area is 79.4 Å². The van der Waals surface area contributed by atoms with Crippen LogP contribution >= 0.6 is 0 Å². The van der Waals surface area contributed by atoms with E-state index in [9.17, 15) is 8.42 Å². The molecule has 0 rings (SSSR count). The van der Waals surface area contributed by atoms with Gasteiger partial charge in [0, 0.05) is 20.2 Å². The normalized spacial score (nSPS) is 12.3. The Bertz CT molecular complexity index is 215. The van der Waals surface area contributed by atoms with Crippen LogP contribution in [-0.2, 0) is 14.8 Å². The first kappa shape index (κ1) is 12.8. The Morgan fingerprint density at radius 3 is 2.38 bits per heavy atom. The van der Waals surface area contributed by atoms with Crippen molar-refractivity contribution in [1.82, 2.24) is 4.31 Å². The fourth-order valence-corrected chi connectivity index (χ4v) is 1.95. The van der Waals surface area contributed by atoms with Crippen molar-refractivity contribution in [3.63, 3.8) is 0 Å². The molecule has 5 nitrogen and oxygen atoms in total. The summed E-state index contributed by atoms with van der Waals surface area (Å²) in [5.41, 5.74) is 0. The van der Waals surface area contributed by atoms with Crippen molar-refractivity contribution in [2.24, 2.45) is 0 Å². The lowest BCUT2D eigenvalue weighted by Crippen LogP contribution is -2.37. The van der Waals surface area contributed by atoms with E-state index in [-0.39, 0.29) is 18.9 Å². The average Bonchev–Trinajstić information content (AvgIpc) is 2.12. The standard InChI is InChI=1S/C7H17NO4S/c1-3-13(10,11)8(4-6-9)5-7-12-2/h9H,3-7H2,1-2H3. The maximum atomic E-state index is 11.4. The molecule has 0 amide bonds. The van der Waals surface area contributed by atoms with E-state index in [0.29, 0.717) is 13.2 Å². The third kappa shape index (κ3) is 4.56. The van der Waals surface area contributed by atoms with Gasteiger partial charge in [0.05, 0.1) is 19.0 Å². The highest BCUT2D eigenvalue weighted by Crippen LogP contribution is 2.00. The first-order chi connectivity index (χ1) is 6.08. The number of sulfonamides is 1. The highest BCUT2D eigenvalue weighted by molar-refractivity contribution is 7.89. The number of hydrogen-bond acceptors (Lipinski definition) is 4. The summed E-state index contributed by atoms with van der Waals surface area (Å²) in [6, 6.07) is 0. The van der Waals surface area contributed by atoms with Gasteiger partial charge in [0.2, 0.25) is 10.0 Å². The number of rotatable bonds is 7. The van der Waals surface area contributed by atoms with Gasteiger partial charge >= 0.3 is 0 Å². The van der Waals surface area contributed by atoms with Crippen LogP contribution < -0.4 is 0 Å². The number of nitrogens with zero attached hydrogens (tertiary/aromatic N) is 1. The fraction of sp³-hybridized carbons (Fsp3) is 1.00. The van der Waals surface area contributed by atoms with E-state index in [4.69, 9.17) is 9.84 Å². The van der Waals surface area contributed by atoms with Gasteiger partial charge in [-0.05, 0) is 6.92 Å². The van der Waals surface area contributed by atoms with Crippen LogP contribution in [0.5, 0.6) is 0 Å². The quantitative estimate of drug-likeness (QED) is 0.603. The van der Waals surface area contributed by atoms with Crippen LogP contribution in [0.25, 0.3) is 0 Å². The van der Waals surface area contributed by atoms with Gasteiger partial charge in [-0.1, -0.05) is 0 Å². The van der Waals surface area contributed by atoms with E-state index in [1.165, 1.54) is 11.4 Å². The van der Waals surface area contributed by atoms with Gasteiger partial charge in [0.1, 0.15) is 0 Å². The molecule has 0 fully saturated rings. The molecular formula is C7H17NO4S. The van der Waals surface area contributed by atoms with Gasteiger partial charge in [0.15, 0.2) is 0 Å². The lowest BCUT2D eigenvalue weighted by molar-refractivity contribution is 0.168. The lowest BCUT2D eigenvalue weighted by atomic mass is 10.6. The van der Waals surface area contributed by atoms with E-state index in [2.05, 4.69) is 0 Å². The zero-order valence-corrected chi connectivity index (χ0v) is 8.88. The number of aliphatic hydroxyl groups excluding tert-OH is 1. The number of ether oxygens (including phenoxy) is 1. The van der Waals surface area contributed by atoms with Gasteiger partial charge in [-0.15, -0.1) is 0 Å². The summed E-state index contributed by atoms with van der Waals surface area (Å²) in [5.74, 6) is 0.0523. The number of methoxy groups -OCH3 is 1. The third-order valence-corrected chi connectivity index (χ3v) is 3.53. The van der Waals surface area contributed by atoms with Crippen molar-refractivity contribution >= 4 is 10.0 Å². The fourth-order valence-electron chi connectivity index (χ4n) is 0.877. The van der Waals surface area contributed by atoms with Gasteiger partial charge in [-0.2, -0.15) is 4.31 Å². The highest BCUT2D eigenvalue weighted by atomic mass is 32.2. The van der Waals surface area contributed by atoms with Crippen LogP contribution in [0.4, 0.5) is 0 Å². The summed E-state index contributed by atoms with van der Waals surface area (Å²) < 4.78 is 28.7. The van der Waals surface area contributed by atoms with E-state index in [1.807, 2.05) is 0 Å². The molecule has 0 radical (unpaired) electrons. The predicted octanol–water partition coefficient (Wildman–Crippen LogP) is -0.723. The molecule has 0 spiro atoms. The lowest BCUT2D eigenvalue weighted by Gasteiger charge is -2.19. The molecule has 0 atom stereocenters. The largest absolute Gasteiger partial charge is 0.395 e. The molecule has 0 aliphatic carbocycles. The molecular weight excluding hydrogens is 194 g/mol. The topological polar surface area (TPSA) is 66.8 Å². The summed E-state index contributed by atoms with van der Waals surface area (Å²) >= 11 is 0. The molecule has 1 N–H and O–H groups in total. The van der Waals surface area contributed by atoms with Crippen molar-refractivity contribution < 1.29 is 18.3 Å². The van der Waals surface area contributed by atoms with Gasteiger partial charge in [-0.3, -0.25) is 0 Å². The molecule has 0 heterocycles. The molecule has 0 aliphatic rings. The van der Waals surface area contributed by atoms with Crippen LogP contribution in [0.1, 0.15) is 6.92 Å². The Morgan fingerprint density at radius 1 is 1.38 bits per heavy atom. The Hall–Kier alpha value is -0.170. The van der Waals surface area contributed by atoms with Crippen molar-refractivity contribution in [1.29, 1.82) is 0 Å². The Kier molecular flexibility index (Phi) is 6.23. The van der Waals surface area contributed by atoms with Crippen LogP contribution in [0, 0.1) is 0 Å². The maximum absolute atomic E-state index is 11.4. The molecule has 0 saturated carbocycles. The first-order valence-electron chi connectivity index (χ1n) is 4.16. The Balaban J connectivity index is 4.23. The first-order valence-corrected chi connectivity index (χ1v) is 5.77. The predicted molar refractivity (Wildman–Crippen MR) is 50.0 cm³/mol. The maximum Gasteiger partial charge on any atom is 0.213 e. The Morgan fingerprint density at radius 2 is 2.00 bits per heavy atom. The van der Waals surface area contributed by atoms with Crippen molar-refractivity contribution in [2.45, 2.75) is 6.92 Å². The third-order valence-electron chi connectivity index (χ3n) is 1.65. The number of aliphatic hydroxyl groups is 1. The molecule has 80 valence electrons. The highest BCUT2D eigenvalue weighted by Gasteiger charge is 2.18. The van der Waals surface area contributed by atoms with Crippen LogP contribution in [0.2, 0.25) is 0 Å². The zero-order chi connectivity index (χ0) is 10.3. The van der Waals surface area contributed by atoms with E-state index < -0.39 is 10.0 Å². The van der Waals surface area contributed by atoms with Gasteiger partial charge < -0.3 is 9.84 Å². The summed E-state index contributed by atoms with van der Waals surface area (Å²) in [5, 5.41) is 8.65. The monoisotopic (exact) mass is 211 g/mol. The van der Waals surface area contributed by atoms with Crippen LogP contribution in [0.3, 0.4) is 0 Å². The SMILES string of the molecule is CCS(=O)(=O)N(CCO)CCOC. The number of hydrogen-bond donors (Lipinski definition) is 1. The summed E-state index contributed by atoms with van der Waals surface area (Å²) in [6.45, 7) is 2.20. The van der Waals surface area contributed by atoms with Crippen molar-refractivity contribution in [3.05, 3.63) is 0 Å². The second-order valence-corrected chi connectivity index (χ2v) is 4.77. The second-order valence-electron chi connectivity index (χ2n) is 2.52. The van der Waals surface area contributed by atoms with Crippen LogP contribution in [-0.4, -0.2) is 57.0 Å². The molecule has 0 aliphatic heterocycles. The average molecular weight is 211 g/mol. The molecule has 6 heteroatoms. The van der Waals surface area contributed by atoms with E-state index in [0.717, 1.165) is 0 Å². The van der Waals surface area contributed by atoms with E-state index in [1.54, 1.807) is 6.92 Å². The summed E-state index contributed by atoms with van der Waals surface area (Å²) in [7, 11) is -1.69. The zero-order valence-electron chi connectivity index (χ0n) is 8.06. The minimum absolute atomic E-state index is 0.0523. The summed E-state index contributed by atoms with van der Waals surface area (Å²) in [4.78, 5) is 0. The van der Waals surface area contributed by atoms with Gasteiger partial charge in [0.25, 0.3) is 0 Å². The molecule has 0 aromatic heterocycles.